The van der Waals surface area contributed by atoms with E-state index in [0.717, 1.165) is 21.2 Å². The predicted molar refractivity (Wildman–Crippen MR) is 70.5 cm³/mol. The van der Waals surface area contributed by atoms with Crippen molar-refractivity contribution in [3.63, 3.8) is 0 Å². The van der Waals surface area contributed by atoms with Crippen LogP contribution < -0.4 is 5.32 Å². The molecule has 1 heterocycles. The van der Waals surface area contributed by atoms with Crippen LogP contribution in [0.1, 0.15) is 6.92 Å². The molecule has 0 saturated carbocycles. The van der Waals surface area contributed by atoms with Crippen LogP contribution in [0.2, 0.25) is 0 Å². The number of benzene rings is 1. The molecule has 2 aromatic rings. The number of hydrogen-bond donors (Lipinski definition) is 1. The number of hydrogen-bond acceptors (Lipinski definition) is 4. The molecule has 1 atom stereocenters. The van der Waals surface area contributed by atoms with Crippen molar-refractivity contribution in [3.05, 3.63) is 29.0 Å². The first-order chi connectivity index (χ1) is 8.20. The van der Waals surface area contributed by atoms with Crippen LogP contribution in [0, 0.1) is 17.2 Å². The fourth-order valence-corrected chi connectivity index (χ4v) is 1.83. The van der Waals surface area contributed by atoms with Gasteiger partial charge < -0.3 is 5.32 Å². The number of nitrogens with one attached hydrogen (secondary N) is 1. The summed E-state index contributed by atoms with van der Waals surface area (Å²) in [6.07, 6.45) is 1.52. The first-order valence-corrected chi connectivity index (χ1v) is 6.04. The van der Waals surface area contributed by atoms with Crippen LogP contribution in [0.25, 0.3) is 10.9 Å². The van der Waals surface area contributed by atoms with Gasteiger partial charge in [0.1, 0.15) is 12.1 Å². The lowest BCUT2D eigenvalue weighted by atomic mass is 10.2. The third-order valence-electron chi connectivity index (χ3n) is 2.39. The molecule has 0 fully saturated rings. The number of anilines is 1. The van der Waals surface area contributed by atoms with E-state index in [1.807, 2.05) is 25.1 Å². The highest BCUT2D eigenvalue weighted by atomic mass is 79.9. The Bertz CT molecular complexity index is 576. The Kier molecular flexibility index (Phi) is 3.55. The molecule has 1 N–H and O–H groups in total. The summed E-state index contributed by atoms with van der Waals surface area (Å²) in [6.45, 7) is 2.45. The maximum atomic E-state index is 8.74. The van der Waals surface area contributed by atoms with E-state index in [-0.39, 0.29) is 5.92 Å². The number of nitrogens with zero attached hydrogens (tertiary/aromatic N) is 3. The Labute approximate surface area is 108 Å². The molecule has 1 aromatic heterocycles. The summed E-state index contributed by atoms with van der Waals surface area (Å²) < 4.78 is 0.983. The monoisotopic (exact) mass is 290 g/mol. The molecule has 0 spiro atoms. The Morgan fingerprint density at radius 2 is 2.29 bits per heavy atom. The molecule has 2 rings (SSSR count). The maximum Gasteiger partial charge on any atom is 0.137 e. The maximum absolute atomic E-state index is 8.74. The number of nitriles is 1. The van der Waals surface area contributed by atoms with Crippen LogP contribution >= 0.6 is 15.9 Å². The van der Waals surface area contributed by atoms with Crippen LogP contribution in [0.4, 0.5) is 5.82 Å². The van der Waals surface area contributed by atoms with Crippen molar-refractivity contribution in [2.45, 2.75) is 6.92 Å². The smallest absolute Gasteiger partial charge is 0.137 e. The van der Waals surface area contributed by atoms with E-state index < -0.39 is 0 Å². The zero-order valence-electron chi connectivity index (χ0n) is 9.31. The van der Waals surface area contributed by atoms with E-state index in [2.05, 4.69) is 37.3 Å². The topological polar surface area (TPSA) is 61.6 Å². The van der Waals surface area contributed by atoms with Gasteiger partial charge in [-0.2, -0.15) is 5.26 Å². The van der Waals surface area contributed by atoms with Gasteiger partial charge in [-0.25, -0.2) is 9.97 Å². The van der Waals surface area contributed by atoms with Crippen molar-refractivity contribution in [2.75, 3.05) is 11.9 Å². The van der Waals surface area contributed by atoms with Crippen LogP contribution in [0.3, 0.4) is 0 Å². The Morgan fingerprint density at radius 3 is 3.06 bits per heavy atom. The SMILES string of the molecule is CC(C#N)CNc1ncnc2ccc(Br)cc12. The lowest BCUT2D eigenvalue weighted by Gasteiger charge is -2.09. The lowest BCUT2D eigenvalue weighted by molar-refractivity contribution is 0.783. The molecule has 5 heteroatoms. The molecule has 4 nitrogen and oxygen atoms in total. The third kappa shape index (κ3) is 2.71. The van der Waals surface area contributed by atoms with Crippen molar-refractivity contribution < 1.29 is 0 Å². The molecule has 17 heavy (non-hydrogen) atoms. The van der Waals surface area contributed by atoms with Gasteiger partial charge in [0.2, 0.25) is 0 Å². The van der Waals surface area contributed by atoms with Crippen LogP contribution in [-0.4, -0.2) is 16.5 Å². The summed E-state index contributed by atoms with van der Waals surface area (Å²) in [5.74, 6) is 0.713. The van der Waals surface area contributed by atoms with Crippen molar-refractivity contribution >= 4 is 32.7 Å². The summed E-state index contributed by atoms with van der Waals surface area (Å²) in [7, 11) is 0. The minimum absolute atomic E-state index is 0.0489. The summed E-state index contributed by atoms with van der Waals surface area (Å²) in [5.41, 5.74) is 0.885. The summed E-state index contributed by atoms with van der Waals surface area (Å²) in [5, 5.41) is 12.9. The van der Waals surface area contributed by atoms with Gasteiger partial charge in [-0.3, -0.25) is 0 Å². The standard InChI is InChI=1S/C12H11BrN4/c1-8(5-14)6-15-12-10-4-9(13)2-3-11(10)16-7-17-12/h2-4,7-8H,6H2,1H3,(H,15,16,17). The van der Waals surface area contributed by atoms with E-state index in [1.165, 1.54) is 6.33 Å². The number of fused-ring (bicyclic) bond motifs is 1. The number of aromatic nitrogens is 2. The number of halogens is 1. The Balaban J connectivity index is 2.34. The third-order valence-corrected chi connectivity index (χ3v) is 2.89. The second-order valence-corrected chi connectivity index (χ2v) is 4.71. The molecule has 0 aliphatic carbocycles. The average Bonchev–Trinajstić information content (AvgIpc) is 2.35. The summed E-state index contributed by atoms with van der Waals surface area (Å²) in [6, 6.07) is 8.02. The fourth-order valence-electron chi connectivity index (χ4n) is 1.47. The Hall–Kier alpha value is -1.67. The summed E-state index contributed by atoms with van der Waals surface area (Å²) >= 11 is 3.42. The molecule has 0 bridgehead atoms. The van der Waals surface area contributed by atoms with Gasteiger partial charge >= 0.3 is 0 Å². The quantitative estimate of drug-likeness (QED) is 0.944. The van der Waals surface area contributed by atoms with Gasteiger partial charge in [-0.05, 0) is 25.1 Å². The minimum Gasteiger partial charge on any atom is -0.368 e. The van der Waals surface area contributed by atoms with Crippen LogP contribution in [0.15, 0.2) is 29.0 Å². The van der Waals surface area contributed by atoms with E-state index in [4.69, 9.17) is 5.26 Å². The molecule has 0 radical (unpaired) electrons. The fraction of sp³-hybridized carbons (Fsp3) is 0.250. The first-order valence-electron chi connectivity index (χ1n) is 5.24. The normalized spacial score (nSPS) is 12.1. The highest BCUT2D eigenvalue weighted by molar-refractivity contribution is 9.10. The summed E-state index contributed by atoms with van der Waals surface area (Å²) in [4.78, 5) is 8.40. The van der Waals surface area contributed by atoms with Gasteiger partial charge in [0, 0.05) is 16.4 Å². The molecule has 0 amide bonds. The zero-order valence-corrected chi connectivity index (χ0v) is 10.9. The van der Waals surface area contributed by atoms with E-state index >= 15 is 0 Å². The highest BCUT2D eigenvalue weighted by Crippen LogP contribution is 2.23. The number of rotatable bonds is 3. The molecular weight excluding hydrogens is 280 g/mol. The molecule has 0 aliphatic rings. The van der Waals surface area contributed by atoms with Gasteiger partial charge in [0.15, 0.2) is 0 Å². The molecule has 1 unspecified atom stereocenters. The van der Waals surface area contributed by atoms with Crippen molar-refractivity contribution in [1.82, 2.24) is 9.97 Å². The van der Waals surface area contributed by atoms with Crippen molar-refractivity contribution in [1.29, 1.82) is 5.26 Å². The van der Waals surface area contributed by atoms with Crippen LogP contribution in [0.5, 0.6) is 0 Å². The molecule has 1 aromatic carbocycles. The van der Waals surface area contributed by atoms with Gasteiger partial charge in [-0.15, -0.1) is 0 Å². The van der Waals surface area contributed by atoms with E-state index in [9.17, 15) is 0 Å². The first kappa shape index (κ1) is 11.8. The largest absolute Gasteiger partial charge is 0.368 e. The average molecular weight is 291 g/mol. The molecule has 0 aliphatic heterocycles. The molecular formula is C12H11BrN4. The Morgan fingerprint density at radius 1 is 1.47 bits per heavy atom. The minimum atomic E-state index is -0.0489. The van der Waals surface area contributed by atoms with Gasteiger partial charge in [0.05, 0.1) is 17.5 Å². The molecule has 0 saturated heterocycles. The van der Waals surface area contributed by atoms with E-state index in [0.29, 0.717) is 6.54 Å². The van der Waals surface area contributed by atoms with Crippen molar-refractivity contribution in [3.8, 4) is 6.07 Å². The van der Waals surface area contributed by atoms with Gasteiger partial charge in [-0.1, -0.05) is 15.9 Å². The van der Waals surface area contributed by atoms with Gasteiger partial charge in [0.25, 0.3) is 0 Å². The predicted octanol–water partition coefficient (Wildman–Crippen LogP) is 2.96. The molecule has 86 valence electrons. The van der Waals surface area contributed by atoms with E-state index in [1.54, 1.807) is 0 Å². The lowest BCUT2D eigenvalue weighted by Crippen LogP contribution is -2.10. The highest BCUT2D eigenvalue weighted by Gasteiger charge is 2.05. The second-order valence-electron chi connectivity index (χ2n) is 3.79. The zero-order chi connectivity index (χ0) is 12.3. The van der Waals surface area contributed by atoms with Crippen LogP contribution in [-0.2, 0) is 0 Å². The second kappa shape index (κ2) is 5.11. The van der Waals surface area contributed by atoms with Crippen molar-refractivity contribution in [2.24, 2.45) is 5.92 Å².